The molecule has 3 heteroatoms. The molecule has 0 aromatic heterocycles. The lowest BCUT2D eigenvalue weighted by Gasteiger charge is -2.41. The van der Waals surface area contributed by atoms with Gasteiger partial charge in [-0.15, -0.1) is 0 Å². The van der Waals surface area contributed by atoms with Gasteiger partial charge in [0.2, 0.25) is 0 Å². The molecule has 0 aliphatic heterocycles. The van der Waals surface area contributed by atoms with Crippen LogP contribution in [0.25, 0.3) is 0 Å². The lowest BCUT2D eigenvalue weighted by atomic mass is 9.67. The van der Waals surface area contributed by atoms with Gasteiger partial charge in [-0.3, -0.25) is 0 Å². The second-order valence-electron chi connectivity index (χ2n) is 13.7. The Hall–Kier alpha value is -0.210. The first-order valence-corrected chi connectivity index (χ1v) is 16.5. The number of rotatable bonds is 11. The van der Waals surface area contributed by atoms with Crippen molar-refractivity contribution < 1.29 is 13.2 Å². The first kappa shape index (κ1) is 28.8. The number of alkyl halides is 3. The zero-order chi connectivity index (χ0) is 25.3. The van der Waals surface area contributed by atoms with E-state index in [1.807, 2.05) is 0 Å². The average Bonchev–Trinajstić information content (AvgIpc) is 2.90. The molecule has 0 amide bonds. The predicted octanol–water partition coefficient (Wildman–Crippen LogP) is 11.0. The van der Waals surface area contributed by atoms with Gasteiger partial charge in [0.1, 0.15) is 18.5 Å². The highest BCUT2D eigenvalue weighted by Crippen LogP contribution is 2.46. The third-order valence-corrected chi connectivity index (χ3v) is 11.4. The second kappa shape index (κ2) is 14.8. The first-order chi connectivity index (χ1) is 17.6. The highest BCUT2D eigenvalue weighted by Gasteiger charge is 2.43. The van der Waals surface area contributed by atoms with Crippen molar-refractivity contribution in [3.8, 4) is 0 Å². The van der Waals surface area contributed by atoms with Crippen molar-refractivity contribution in [3.05, 3.63) is 0 Å². The Morgan fingerprint density at radius 1 is 0.528 bits per heavy atom. The van der Waals surface area contributed by atoms with E-state index in [0.29, 0.717) is 23.7 Å². The summed E-state index contributed by atoms with van der Waals surface area (Å²) in [5.41, 5.74) is 0. The molecule has 0 aromatic rings. The van der Waals surface area contributed by atoms with E-state index in [1.54, 1.807) is 0 Å². The molecule has 0 radical (unpaired) electrons. The molecule has 0 aromatic carbocycles. The van der Waals surface area contributed by atoms with Crippen molar-refractivity contribution in [1.82, 2.24) is 0 Å². The Bertz CT molecular complexity index is 594. The molecular formula is C33H57F3. The number of halogens is 3. The maximum absolute atomic E-state index is 15.1. The van der Waals surface area contributed by atoms with E-state index in [1.165, 1.54) is 89.9 Å². The van der Waals surface area contributed by atoms with Crippen LogP contribution in [0.15, 0.2) is 0 Å². The zero-order valence-corrected chi connectivity index (χ0v) is 23.5. The molecule has 0 bridgehead atoms. The molecule has 7 atom stereocenters. The van der Waals surface area contributed by atoms with Gasteiger partial charge in [-0.1, -0.05) is 96.8 Å². The van der Waals surface area contributed by atoms with Crippen molar-refractivity contribution in [2.75, 3.05) is 0 Å². The lowest BCUT2D eigenvalue weighted by molar-refractivity contribution is -0.0119. The fourth-order valence-electron chi connectivity index (χ4n) is 9.03. The van der Waals surface area contributed by atoms with Gasteiger partial charge in [0.25, 0.3) is 0 Å². The molecule has 0 heterocycles. The Balaban J connectivity index is 1.10. The van der Waals surface area contributed by atoms with Crippen LogP contribution in [-0.2, 0) is 0 Å². The van der Waals surface area contributed by atoms with E-state index in [2.05, 4.69) is 6.92 Å². The van der Waals surface area contributed by atoms with Crippen molar-refractivity contribution in [3.63, 3.8) is 0 Å². The minimum absolute atomic E-state index is 0.0118. The summed E-state index contributed by atoms with van der Waals surface area (Å²) in [6.07, 6.45) is 22.3. The Morgan fingerprint density at radius 3 is 1.92 bits per heavy atom. The predicted molar refractivity (Wildman–Crippen MR) is 146 cm³/mol. The van der Waals surface area contributed by atoms with E-state index >= 15 is 13.2 Å². The van der Waals surface area contributed by atoms with Crippen LogP contribution in [0.1, 0.15) is 148 Å². The highest BCUT2D eigenvalue weighted by atomic mass is 19.2. The summed E-state index contributed by atoms with van der Waals surface area (Å²) >= 11 is 0. The minimum Gasteiger partial charge on any atom is -0.247 e. The molecule has 210 valence electrons. The monoisotopic (exact) mass is 510 g/mol. The summed E-state index contributed by atoms with van der Waals surface area (Å²) in [5, 5.41) is 0. The number of hydrogen-bond acceptors (Lipinski definition) is 0. The van der Waals surface area contributed by atoms with Crippen molar-refractivity contribution in [2.45, 2.75) is 167 Å². The second-order valence-corrected chi connectivity index (χ2v) is 13.7. The van der Waals surface area contributed by atoms with Crippen molar-refractivity contribution in [2.24, 2.45) is 41.4 Å². The normalized spacial score (nSPS) is 40.8. The number of hydrogen-bond donors (Lipinski definition) is 0. The highest BCUT2D eigenvalue weighted by molar-refractivity contribution is 4.92. The molecule has 36 heavy (non-hydrogen) atoms. The van der Waals surface area contributed by atoms with Crippen LogP contribution in [0.4, 0.5) is 13.2 Å². The van der Waals surface area contributed by atoms with Gasteiger partial charge >= 0.3 is 0 Å². The summed E-state index contributed by atoms with van der Waals surface area (Å²) in [6.45, 7) is 2.25. The average molecular weight is 511 g/mol. The van der Waals surface area contributed by atoms with E-state index in [4.69, 9.17) is 0 Å². The standard InChI is InChI=1S/C33H57F3/c1-2-3-4-6-10-25-17-21-29(31(34)23-25)27-18-15-24(16-19-27)11-9-14-28-20-22-30(33(36)32(28)35)26-12-7-5-8-13-26/h24-33H,2-23H2,1H3. The summed E-state index contributed by atoms with van der Waals surface area (Å²) in [4.78, 5) is 0. The third kappa shape index (κ3) is 7.91. The number of unbranched alkanes of at least 4 members (excludes halogenated alkanes) is 3. The van der Waals surface area contributed by atoms with Crippen LogP contribution in [0.2, 0.25) is 0 Å². The van der Waals surface area contributed by atoms with Crippen molar-refractivity contribution >= 4 is 0 Å². The van der Waals surface area contributed by atoms with Crippen LogP contribution in [0, 0.1) is 41.4 Å². The van der Waals surface area contributed by atoms with Crippen LogP contribution >= 0.6 is 0 Å². The smallest absolute Gasteiger partial charge is 0.134 e. The molecule has 4 fully saturated rings. The van der Waals surface area contributed by atoms with Gasteiger partial charge in [-0.05, 0) is 92.8 Å². The van der Waals surface area contributed by atoms with E-state index in [9.17, 15) is 0 Å². The van der Waals surface area contributed by atoms with Gasteiger partial charge in [0.15, 0.2) is 0 Å². The maximum atomic E-state index is 15.1. The van der Waals surface area contributed by atoms with Gasteiger partial charge < -0.3 is 0 Å². The van der Waals surface area contributed by atoms with Gasteiger partial charge in [0.05, 0.1) is 0 Å². The molecular weight excluding hydrogens is 453 g/mol. The summed E-state index contributed by atoms with van der Waals surface area (Å²) in [7, 11) is 0. The molecule has 4 saturated carbocycles. The summed E-state index contributed by atoms with van der Waals surface area (Å²) in [5.74, 6) is 2.63. The molecule has 0 spiro atoms. The molecule has 4 aliphatic carbocycles. The van der Waals surface area contributed by atoms with E-state index in [-0.39, 0.29) is 11.8 Å². The van der Waals surface area contributed by atoms with E-state index < -0.39 is 18.5 Å². The maximum Gasteiger partial charge on any atom is 0.134 e. The molecule has 4 rings (SSSR count). The molecule has 4 aliphatic rings. The minimum atomic E-state index is -1.23. The Morgan fingerprint density at radius 2 is 1.19 bits per heavy atom. The van der Waals surface area contributed by atoms with Gasteiger partial charge in [-0.2, -0.15) is 0 Å². The summed E-state index contributed by atoms with van der Waals surface area (Å²) in [6, 6.07) is 0. The first-order valence-electron chi connectivity index (χ1n) is 16.5. The van der Waals surface area contributed by atoms with E-state index in [0.717, 1.165) is 57.3 Å². The van der Waals surface area contributed by atoms with Crippen LogP contribution < -0.4 is 0 Å². The third-order valence-electron chi connectivity index (χ3n) is 11.4. The lowest BCUT2D eigenvalue weighted by Crippen LogP contribution is -2.41. The van der Waals surface area contributed by atoms with Crippen molar-refractivity contribution in [1.29, 1.82) is 0 Å². The summed E-state index contributed by atoms with van der Waals surface area (Å²) < 4.78 is 45.2. The fraction of sp³-hybridized carbons (Fsp3) is 1.00. The largest absolute Gasteiger partial charge is 0.247 e. The quantitative estimate of drug-likeness (QED) is 0.242. The van der Waals surface area contributed by atoms with Gasteiger partial charge in [0, 0.05) is 0 Å². The van der Waals surface area contributed by atoms with Gasteiger partial charge in [-0.25, -0.2) is 13.2 Å². The SMILES string of the molecule is CCCCCCC1CCC(C2CCC(CCCC3CCC(C4CCCCC4)C(F)C3F)CC2)C(F)C1. The van der Waals surface area contributed by atoms with Crippen LogP contribution in [0.3, 0.4) is 0 Å². The Kier molecular flexibility index (Phi) is 11.8. The molecule has 0 N–H and O–H groups in total. The van der Waals surface area contributed by atoms with Crippen LogP contribution in [-0.4, -0.2) is 18.5 Å². The Labute approximate surface area is 221 Å². The topological polar surface area (TPSA) is 0 Å². The zero-order valence-electron chi connectivity index (χ0n) is 23.5. The molecule has 7 unspecified atom stereocenters. The van der Waals surface area contributed by atoms with Crippen LogP contribution in [0.5, 0.6) is 0 Å². The fourth-order valence-corrected chi connectivity index (χ4v) is 9.03. The molecule has 0 nitrogen and oxygen atoms in total. The molecule has 0 saturated heterocycles.